The maximum atomic E-state index is 12.7. The topological polar surface area (TPSA) is 62.9 Å². The standard InChI is InChI=1S/C18H19BrN2O2S/c1-12(2)21-13(3)9-15(14(21)4)10-18(11-20)24(22,23)17-7-5-16(19)6-8-17/h5-10,12H,1-4H3/b18-10+. The van der Waals surface area contributed by atoms with Gasteiger partial charge in [-0.25, -0.2) is 8.42 Å². The Morgan fingerprint density at radius 2 is 1.83 bits per heavy atom. The van der Waals surface area contributed by atoms with E-state index in [0.717, 1.165) is 21.4 Å². The molecule has 0 saturated carbocycles. The molecule has 126 valence electrons. The van der Waals surface area contributed by atoms with Gasteiger partial charge in [0.1, 0.15) is 11.0 Å². The number of sulfone groups is 1. The smallest absolute Gasteiger partial charge is 0.216 e. The minimum absolute atomic E-state index is 0.108. The van der Waals surface area contributed by atoms with E-state index in [-0.39, 0.29) is 15.8 Å². The highest BCUT2D eigenvalue weighted by atomic mass is 79.9. The maximum Gasteiger partial charge on any atom is 0.216 e. The van der Waals surface area contributed by atoms with Gasteiger partial charge < -0.3 is 4.57 Å². The lowest BCUT2D eigenvalue weighted by Crippen LogP contribution is -2.05. The molecule has 0 amide bonds. The Hall–Kier alpha value is -1.84. The van der Waals surface area contributed by atoms with Gasteiger partial charge in [0.2, 0.25) is 9.84 Å². The summed E-state index contributed by atoms with van der Waals surface area (Å²) in [5.74, 6) is 0. The number of benzene rings is 1. The molecule has 2 rings (SSSR count). The van der Waals surface area contributed by atoms with Crippen LogP contribution in [0, 0.1) is 25.2 Å². The number of aromatic nitrogens is 1. The fourth-order valence-corrected chi connectivity index (χ4v) is 4.21. The van der Waals surface area contributed by atoms with Gasteiger partial charge in [-0.1, -0.05) is 15.9 Å². The lowest BCUT2D eigenvalue weighted by molar-refractivity contribution is 0.574. The predicted octanol–water partition coefficient (Wildman–Crippen LogP) is 4.79. The average Bonchev–Trinajstić information content (AvgIpc) is 2.79. The Balaban J connectivity index is 2.57. The zero-order valence-electron chi connectivity index (χ0n) is 14.0. The molecule has 1 heterocycles. The molecule has 4 nitrogen and oxygen atoms in total. The van der Waals surface area contributed by atoms with Crippen molar-refractivity contribution < 1.29 is 8.42 Å². The summed E-state index contributed by atoms with van der Waals surface area (Å²) in [6.07, 6.45) is 1.46. The first-order chi connectivity index (χ1) is 11.2. The highest BCUT2D eigenvalue weighted by Crippen LogP contribution is 2.26. The first kappa shape index (κ1) is 18.5. The van der Waals surface area contributed by atoms with Crippen LogP contribution in [-0.2, 0) is 9.84 Å². The molecule has 0 bridgehead atoms. The first-order valence-electron chi connectivity index (χ1n) is 7.49. The Morgan fingerprint density at radius 3 is 2.29 bits per heavy atom. The first-order valence-corrected chi connectivity index (χ1v) is 9.77. The second-order valence-electron chi connectivity index (χ2n) is 5.87. The van der Waals surface area contributed by atoms with Gasteiger partial charge >= 0.3 is 0 Å². The normalized spacial score (nSPS) is 12.5. The van der Waals surface area contributed by atoms with Crippen LogP contribution in [0.2, 0.25) is 0 Å². The summed E-state index contributed by atoms with van der Waals surface area (Å²) < 4.78 is 28.3. The summed E-state index contributed by atoms with van der Waals surface area (Å²) in [5, 5.41) is 9.40. The van der Waals surface area contributed by atoms with Crippen LogP contribution >= 0.6 is 15.9 Å². The summed E-state index contributed by atoms with van der Waals surface area (Å²) in [6.45, 7) is 8.04. The number of hydrogen-bond donors (Lipinski definition) is 0. The quantitative estimate of drug-likeness (QED) is 0.685. The maximum absolute atomic E-state index is 12.7. The van der Waals surface area contributed by atoms with Crippen LogP contribution in [0.15, 0.2) is 44.6 Å². The van der Waals surface area contributed by atoms with Gasteiger partial charge in [-0.05, 0) is 69.7 Å². The third-order valence-electron chi connectivity index (χ3n) is 3.85. The Kier molecular flexibility index (Phi) is 5.36. The third kappa shape index (κ3) is 3.47. The number of aryl methyl sites for hydroxylation is 1. The molecule has 0 aliphatic heterocycles. The monoisotopic (exact) mass is 406 g/mol. The molecule has 1 aromatic carbocycles. The van der Waals surface area contributed by atoms with Gasteiger partial charge in [0.25, 0.3) is 0 Å². The van der Waals surface area contributed by atoms with E-state index in [0.29, 0.717) is 0 Å². The van der Waals surface area contributed by atoms with Gasteiger partial charge in [0, 0.05) is 21.9 Å². The summed E-state index contributed by atoms with van der Waals surface area (Å²) in [6, 6.07) is 10.3. The predicted molar refractivity (Wildman–Crippen MR) is 99.2 cm³/mol. The van der Waals surface area contributed by atoms with Crippen molar-refractivity contribution in [3.05, 3.63) is 56.7 Å². The minimum atomic E-state index is -3.84. The second kappa shape index (κ2) is 6.96. The number of allylic oxidation sites excluding steroid dienone is 1. The lowest BCUT2D eigenvalue weighted by atomic mass is 10.2. The molecule has 0 spiro atoms. The van der Waals surface area contributed by atoms with Crippen LogP contribution in [0.4, 0.5) is 0 Å². The van der Waals surface area contributed by atoms with E-state index >= 15 is 0 Å². The van der Waals surface area contributed by atoms with E-state index in [1.807, 2.05) is 26.0 Å². The van der Waals surface area contributed by atoms with Crippen LogP contribution in [0.3, 0.4) is 0 Å². The molecule has 0 aliphatic carbocycles. The highest BCUT2D eigenvalue weighted by molar-refractivity contribution is 9.10. The summed E-state index contributed by atoms with van der Waals surface area (Å²) in [7, 11) is -3.84. The number of rotatable bonds is 4. The van der Waals surface area contributed by atoms with E-state index in [4.69, 9.17) is 0 Å². The molecule has 2 aromatic rings. The molecule has 0 saturated heterocycles. The second-order valence-corrected chi connectivity index (χ2v) is 8.70. The molecule has 0 N–H and O–H groups in total. The summed E-state index contributed by atoms with van der Waals surface area (Å²) in [5.41, 5.74) is 2.73. The largest absolute Gasteiger partial charge is 0.346 e. The van der Waals surface area contributed by atoms with Gasteiger partial charge in [0.05, 0.1) is 4.90 Å². The van der Waals surface area contributed by atoms with Crippen LogP contribution < -0.4 is 0 Å². The zero-order chi connectivity index (χ0) is 18.1. The van der Waals surface area contributed by atoms with Crippen molar-refractivity contribution in [1.82, 2.24) is 4.57 Å². The minimum Gasteiger partial charge on any atom is -0.346 e. The van der Waals surface area contributed by atoms with Crippen molar-refractivity contribution in [2.45, 2.75) is 38.6 Å². The van der Waals surface area contributed by atoms with Gasteiger partial charge in [-0.15, -0.1) is 0 Å². The molecule has 0 radical (unpaired) electrons. The fraction of sp³-hybridized carbons (Fsp3) is 0.278. The van der Waals surface area contributed by atoms with E-state index in [1.165, 1.54) is 18.2 Å². The molecule has 0 unspecified atom stereocenters. The van der Waals surface area contributed by atoms with Crippen molar-refractivity contribution in [3.8, 4) is 6.07 Å². The van der Waals surface area contributed by atoms with E-state index < -0.39 is 9.84 Å². The lowest BCUT2D eigenvalue weighted by Gasteiger charge is -2.13. The Morgan fingerprint density at radius 1 is 1.25 bits per heavy atom. The Bertz CT molecular complexity index is 931. The van der Waals surface area contributed by atoms with E-state index in [1.54, 1.807) is 12.1 Å². The van der Waals surface area contributed by atoms with E-state index in [2.05, 4.69) is 34.3 Å². The summed E-state index contributed by atoms with van der Waals surface area (Å²) in [4.78, 5) is -0.148. The van der Waals surface area contributed by atoms with Crippen LogP contribution in [0.5, 0.6) is 0 Å². The average molecular weight is 407 g/mol. The SMILES string of the molecule is Cc1cc(/C=C(\C#N)S(=O)(=O)c2ccc(Br)cc2)c(C)n1C(C)C. The van der Waals surface area contributed by atoms with Crippen molar-refractivity contribution in [1.29, 1.82) is 5.26 Å². The van der Waals surface area contributed by atoms with Crippen LogP contribution in [0.25, 0.3) is 6.08 Å². The van der Waals surface area contributed by atoms with Crippen molar-refractivity contribution in [2.24, 2.45) is 0 Å². The van der Waals surface area contributed by atoms with Gasteiger partial charge in [0.15, 0.2) is 0 Å². The number of halogens is 1. The van der Waals surface area contributed by atoms with Crippen LogP contribution in [-0.4, -0.2) is 13.0 Å². The van der Waals surface area contributed by atoms with Crippen molar-refractivity contribution in [2.75, 3.05) is 0 Å². The summed E-state index contributed by atoms with van der Waals surface area (Å²) >= 11 is 3.28. The van der Waals surface area contributed by atoms with Crippen molar-refractivity contribution in [3.63, 3.8) is 0 Å². The molecule has 24 heavy (non-hydrogen) atoms. The highest BCUT2D eigenvalue weighted by Gasteiger charge is 2.22. The zero-order valence-corrected chi connectivity index (χ0v) is 16.4. The molecule has 6 heteroatoms. The van der Waals surface area contributed by atoms with Crippen molar-refractivity contribution >= 4 is 31.8 Å². The number of nitriles is 1. The molecule has 0 fully saturated rings. The number of hydrogen-bond acceptors (Lipinski definition) is 3. The van der Waals surface area contributed by atoms with Gasteiger partial charge in [-0.2, -0.15) is 5.26 Å². The van der Waals surface area contributed by atoms with Crippen LogP contribution in [0.1, 0.15) is 36.8 Å². The van der Waals surface area contributed by atoms with E-state index in [9.17, 15) is 13.7 Å². The third-order valence-corrected chi connectivity index (χ3v) is 6.06. The molecule has 1 aromatic heterocycles. The van der Waals surface area contributed by atoms with Gasteiger partial charge in [-0.3, -0.25) is 0 Å². The molecule has 0 aliphatic rings. The molecular weight excluding hydrogens is 388 g/mol. The molecule has 0 atom stereocenters. The fourth-order valence-electron chi connectivity index (χ4n) is 2.80. The molecular formula is C18H19BrN2O2S. The Labute approximate surface area is 151 Å². The number of nitrogens with zero attached hydrogens (tertiary/aromatic N) is 2.